The van der Waals surface area contributed by atoms with E-state index in [9.17, 15) is 17.6 Å². The fraction of sp³-hybridized carbons (Fsp3) is 0.364. The van der Waals surface area contributed by atoms with Gasteiger partial charge in [0.1, 0.15) is 10.7 Å². The Morgan fingerprint density at radius 1 is 1.13 bits per heavy atom. The van der Waals surface area contributed by atoms with Crippen LogP contribution >= 0.6 is 0 Å². The van der Waals surface area contributed by atoms with Gasteiger partial charge >= 0.3 is 0 Å². The molecule has 0 aliphatic carbocycles. The van der Waals surface area contributed by atoms with Crippen LogP contribution in [0.1, 0.15) is 25.3 Å². The molecule has 1 heterocycles. The van der Waals surface area contributed by atoms with E-state index in [0.717, 1.165) is 30.3 Å². The second-order valence-corrected chi connectivity index (χ2v) is 9.26. The monoisotopic (exact) mass is 446 g/mol. The van der Waals surface area contributed by atoms with Gasteiger partial charge < -0.3 is 15.5 Å². The third-order valence-corrected chi connectivity index (χ3v) is 6.66. The zero-order valence-electron chi connectivity index (χ0n) is 17.5. The third kappa shape index (κ3) is 6.04. The summed E-state index contributed by atoms with van der Waals surface area (Å²) in [5, 5.41) is 6.05. The first kappa shape index (κ1) is 22.7. The Bertz CT molecular complexity index is 1040. The SMILES string of the molecule is CCNC(=NCc1ccc(N2CCCC2=O)cc1)NCCS(=O)(=O)c1ccccc1F. The van der Waals surface area contributed by atoms with Gasteiger partial charge in [0.05, 0.1) is 12.3 Å². The first-order valence-corrected chi connectivity index (χ1v) is 11.9. The van der Waals surface area contributed by atoms with Crippen molar-refractivity contribution in [1.29, 1.82) is 0 Å². The van der Waals surface area contributed by atoms with Gasteiger partial charge in [0.2, 0.25) is 5.91 Å². The molecule has 0 aromatic heterocycles. The maximum atomic E-state index is 13.8. The summed E-state index contributed by atoms with van der Waals surface area (Å²) < 4.78 is 38.5. The predicted molar refractivity (Wildman–Crippen MR) is 119 cm³/mol. The van der Waals surface area contributed by atoms with Crippen molar-refractivity contribution in [2.75, 3.05) is 30.3 Å². The molecule has 9 heteroatoms. The van der Waals surface area contributed by atoms with Crippen LogP contribution in [0.25, 0.3) is 0 Å². The first-order chi connectivity index (χ1) is 14.9. The van der Waals surface area contributed by atoms with Gasteiger partial charge in [-0.3, -0.25) is 4.79 Å². The molecule has 0 unspecified atom stereocenters. The molecular weight excluding hydrogens is 419 g/mol. The lowest BCUT2D eigenvalue weighted by molar-refractivity contribution is -0.117. The number of carbonyl (C=O) groups is 1. The molecule has 1 aliphatic heterocycles. The molecule has 0 bridgehead atoms. The van der Waals surface area contributed by atoms with Crippen molar-refractivity contribution < 1.29 is 17.6 Å². The average molecular weight is 447 g/mol. The van der Waals surface area contributed by atoms with Crippen LogP contribution < -0.4 is 15.5 Å². The third-order valence-electron chi connectivity index (χ3n) is 4.92. The summed E-state index contributed by atoms with van der Waals surface area (Å²) in [5.41, 5.74) is 1.85. The van der Waals surface area contributed by atoms with Crippen LogP contribution in [0.2, 0.25) is 0 Å². The van der Waals surface area contributed by atoms with Gasteiger partial charge in [-0.25, -0.2) is 17.8 Å². The normalized spacial score (nSPS) is 14.7. The van der Waals surface area contributed by atoms with E-state index in [-0.39, 0.29) is 23.1 Å². The summed E-state index contributed by atoms with van der Waals surface area (Å²) in [7, 11) is -3.74. The lowest BCUT2D eigenvalue weighted by atomic mass is 10.2. The minimum Gasteiger partial charge on any atom is -0.357 e. The molecule has 2 aromatic carbocycles. The van der Waals surface area contributed by atoms with Gasteiger partial charge in [0.15, 0.2) is 15.8 Å². The molecule has 1 aliphatic rings. The van der Waals surface area contributed by atoms with E-state index in [2.05, 4.69) is 15.6 Å². The van der Waals surface area contributed by atoms with Gasteiger partial charge in [0, 0.05) is 31.7 Å². The number of anilines is 1. The van der Waals surface area contributed by atoms with Crippen molar-refractivity contribution in [3.05, 3.63) is 59.9 Å². The van der Waals surface area contributed by atoms with E-state index < -0.39 is 15.7 Å². The van der Waals surface area contributed by atoms with Crippen LogP contribution in [-0.4, -0.2) is 45.7 Å². The molecule has 0 spiro atoms. The minimum absolute atomic E-state index is 0.0957. The highest BCUT2D eigenvalue weighted by Gasteiger charge is 2.21. The molecule has 31 heavy (non-hydrogen) atoms. The molecule has 0 radical (unpaired) electrons. The summed E-state index contributed by atoms with van der Waals surface area (Å²) >= 11 is 0. The molecule has 166 valence electrons. The Hall–Kier alpha value is -2.94. The molecule has 2 N–H and O–H groups in total. The number of hydrogen-bond donors (Lipinski definition) is 2. The van der Waals surface area contributed by atoms with E-state index in [1.807, 2.05) is 31.2 Å². The second-order valence-electron chi connectivity index (χ2n) is 7.19. The van der Waals surface area contributed by atoms with Crippen molar-refractivity contribution in [1.82, 2.24) is 10.6 Å². The number of benzene rings is 2. The second kappa shape index (κ2) is 10.4. The number of halogens is 1. The van der Waals surface area contributed by atoms with Crippen LogP contribution in [-0.2, 0) is 21.2 Å². The van der Waals surface area contributed by atoms with Crippen LogP contribution in [0.5, 0.6) is 0 Å². The molecule has 7 nitrogen and oxygen atoms in total. The molecule has 0 saturated carbocycles. The van der Waals surface area contributed by atoms with Gasteiger partial charge in [-0.1, -0.05) is 24.3 Å². The Morgan fingerprint density at radius 2 is 1.87 bits per heavy atom. The smallest absolute Gasteiger partial charge is 0.227 e. The number of hydrogen-bond acceptors (Lipinski definition) is 4. The van der Waals surface area contributed by atoms with Crippen LogP contribution in [0.3, 0.4) is 0 Å². The van der Waals surface area contributed by atoms with Crippen molar-refractivity contribution in [2.45, 2.75) is 31.2 Å². The number of guanidine groups is 1. The van der Waals surface area contributed by atoms with Gasteiger partial charge in [-0.2, -0.15) is 0 Å². The lowest BCUT2D eigenvalue weighted by Gasteiger charge is -2.16. The maximum Gasteiger partial charge on any atom is 0.227 e. The van der Waals surface area contributed by atoms with Gasteiger partial charge in [0.25, 0.3) is 0 Å². The van der Waals surface area contributed by atoms with Crippen LogP contribution in [0, 0.1) is 5.82 Å². The Kier molecular flexibility index (Phi) is 7.62. The summed E-state index contributed by atoms with van der Waals surface area (Å²) in [5.74, 6) is -0.376. The molecule has 3 rings (SSSR count). The number of rotatable bonds is 8. The van der Waals surface area contributed by atoms with E-state index >= 15 is 0 Å². The first-order valence-electron chi connectivity index (χ1n) is 10.3. The lowest BCUT2D eigenvalue weighted by Crippen LogP contribution is -2.39. The molecule has 1 fully saturated rings. The van der Waals surface area contributed by atoms with Crippen molar-refractivity contribution in [3.63, 3.8) is 0 Å². The fourth-order valence-corrected chi connectivity index (χ4v) is 4.57. The van der Waals surface area contributed by atoms with Crippen molar-refractivity contribution in [2.24, 2.45) is 4.99 Å². The number of amides is 1. The van der Waals surface area contributed by atoms with Crippen LogP contribution in [0.15, 0.2) is 58.4 Å². The largest absolute Gasteiger partial charge is 0.357 e. The van der Waals surface area contributed by atoms with Gasteiger partial charge in [-0.05, 0) is 43.2 Å². The van der Waals surface area contributed by atoms with Crippen molar-refractivity contribution in [3.8, 4) is 0 Å². The number of aliphatic imine (C=N–C) groups is 1. The fourth-order valence-electron chi connectivity index (χ4n) is 3.33. The highest BCUT2D eigenvalue weighted by molar-refractivity contribution is 7.91. The molecular formula is C22H27FN4O3S. The molecule has 1 saturated heterocycles. The standard InChI is InChI=1S/C22H27FN4O3S/c1-2-24-22(25-13-15-31(29,30)20-7-4-3-6-19(20)23)26-16-17-9-11-18(12-10-17)27-14-5-8-21(27)28/h3-4,6-7,9-12H,2,5,8,13-16H2,1H3,(H2,24,25,26). The number of carbonyl (C=O) groups excluding carboxylic acids is 1. The highest BCUT2D eigenvalue weighted by Crippen LogP contribution is 2.21. The van der Waals surface area contributed by atoms with Crippen molar-refractivity contribution >= 4 is 27.4 Å². The molecule has 0 atom stereocenters. The minimum atomic E-state index is -3.74. The average Bonchev–Trinajstić information content (AvgIpc) is 3.18. The summed E-state index contributed by atoms with van der Waals surface area (Å²) in [6.07, 6.45) is 1.48. The summed E-state index contributed by atoms with van der Waals surface area (Å²) in [6, 6.07) is 13.0. The number of nitrogens with one attached hydrogen (secondary N) is 2. The Balaban J connectivity index is 1.57. The van der Waals surface area contributed by atoms with Gasteiger partial charge in [-0.15, -0.1) is 0 Å². The van der Waals surface area contributed by atoms with E-state index in [1.54, 1.807) is 4.90 Å². The Morgan fingerprint density at radius 3 is 2.52 bits per heavy atom. The van der Waals surface area contributed by atoms with Crippen LogP contribution in [0.4, 0.5) is 10.1 Å². The zero-order valence-corrected chi connectivity index (χ0v) is 18.3. The number of sulfone groups is 1. The highest BCUT2D eigenvalue weighted by atomic mass is 32.2. The molecule has 2 aromatic rings. The van der Waals surface area contributed by atoms with E-state index in [0.29, 0.717) is 25.5 Å². The zero-order chi connectivity index (χ0) is 22.3. The van der Waals surface area contributed by atoms with E-state index in [1.165, 1.54) is 18.2 Å². The summed E-state index contributed by atoms with van der Waals surface area (Å²) in [6.45, 7) is 3.76. The molecule has 1 amide bonds. The number of nitrogens with zero attached hydrogens (tertiary/aromatic N) is 2. The van der Waals surface area contributed by atoms with E-state index in [4.69, 9.17) is 0 Å². The quantitative estimate of drug-likeness (QED) is 0.480. The topological polar surface area (TPSA) is 90.9 Å². The summed E-state index contributed by atoms with van der Waals surface area (Å²) in [4.78, 5) is 17.8. The maximum absolute atomic E-state index is 13.8. The predicted octanol–water partition coefficient (Wildman–Crippen LogP) is 2.48. The Labute approximate surface area is 182 Å².